The normalized spacial score (nSPS) is 10.6. The average Bonchev–Trinajstić information content (AvgIpc) is 2.39. The van der Waals surface area contributed by atoms with Crippen molar-refractivity contribution in [3.8, 4) is 11.4 Å². The Morgan fingerprint density at radius 1 is 1.06 bits per heavy atom. The van der Waals surface area contributed by atoms with Gasteiger partial charge >= 0.3 is 0 Å². The fraction of sp³-hybridized carbons (Fsp3) is 0. The lowest BCUT2D eigenvalue weighted by Gasteiger charge is -2.02. The van der Waals surface area contributed by atoms with Crippen molar-refractivity contribution in [1.29, 1.82) is 0 Å². The topological polar surface area (TPSA) is 64.7 Å². The van der Waals surface area contributed by atoms with Gasteiger partial charge in [0.1, 0.15) is 0 Å². The molecule has 0 saturated carbocycles. The summed E-state index contributed by atoms with van der Waals surface area (Å²) in [6, 6.07) is 9.40. The van der Waals surface area contributed by atoms with Crippen LogP contribution in [0.2, 0.25) is 0 Å². The third kappa shape index (κ3) is 1.80. The van der Waals surface area contributed by atoms with Crippen LogP contribution in [-0.4, -0.2) is 15.0 Å². The van der Waals surface area contributed by atoms with Gasteiger partial charge in [-0.15, -0.1) is 0 Å². The first kappa shape index (κ1) is 9.72. The number of nitrogen functional groups attached to an aromatic ring is 1. The fourth-order valence-corrected chi connectivity index (χ4v) is 1.69. The molecule has 3 aromatic rings. The molecule has 2 N–H and O–H groups in total. The first-order chi connectivity index (χ1) is 8.33. The van der Waals surface area contributed by atoms with Crippen molar-refractivity contribution in [2.24, 2.45) is 0 Å². The molecule has 0 spiro atoms. The fourth-order valence-electron chi connectivity index (χ4n) is 1.69. The summed E-state index contributed by atoms with van der Waals surface area (Å²) in [5.41, 5.74) is 8.22. The largest absolute Gasteiger partial charge is 0.399 e. The van der Waals surface area contributed by atoms with E-state index < -0.39 is 0 Å². The quantitative estimate of drug-likeness (QED) is 0.641. The molecule has 17 heavy (non-hydrogen) atoms. The van der Waals surface area contributed by atoms with Crippen molar-refractivity contribution in [3.05, 3.63) is 48.9 Å². The summed E-state index contributed by atoms with van der Waals surface area (Å²) in [6.45, 7) is 0. The Bertz CT molecular complexity index is 665. The lowest BCUT2D eigenvalue weighted by atomic mass is 10.2. The van der Waals surface area contributed by atoms with Crippen molar-refractivity contribution >= 4 is 16.6 Å². The Morgan fingerprint density at radius 3 is 2.82 bits per heavy atom. The first-order valence-electron chi connectivity index (χ1n) is 5.25. The molecule has 0 aliphatic heterocycles. The van der Waals surface area contributed by atoms with Gasteiger partial charge in [0.25, 0.3) is 0 Å². The predicted octanol–water partition coefficient (Wildman–Crippen LogP) is 2.27. The van der Waals surface area contributed by atoms with E-state index in [0.29, 0.717) is 5.82 Å². The maximum atomic E-state index is 5.71. The van der Waals surface area contributed by atoms with Crippen LogP contribution in [0.1, 0.15) is 0 Å². The third-order valence-electron chi connectivity index (χ3n) is 2.52. The van der Waals surface area contributed by atoms with Gasteiger partial charge in [0.2, 0.25) is 0 Å². The molecule has 2 heterocycles. The molecule has 4 nitrogen and oxygen atoms in total. The monoisotopic (exact) mass is 222 g/mol. The molecular formula is C13H10N4. The van der Waals surface area contributed by atoms with E-state index in [9.17, 15) is 0 Å². The molecule has 1 aromatic carbocycles. The second-order valence-electron chi connectivity index (χ2n) is 3.75. The molecule has 0 amide bonds. The molecule has 0 bridgehead atoms. The molecule has 0 saturated heterocycles. The maximum absolute atomic E-state index is 5.71. The van der Waals surface area contributed by atoms with Gasteiger partial charge in [0.15, 0.2) is 5.82 Å². The molecule has 0 aliphatic carbocycles. The first-order valence-corrected chi connectivity index (χ1v) is 5.25. The van der Waals surface area contributed by atoms with Crippen molar-refractivity contribution in [1.82, 2.24) is 15.0 Å². The van der Waals surface area contributed by atoms with Gasteiger partial charge in [-0.3, -0.25) is 4.98 Å². The van der Waals surface area contributed by atoms with Gasteiger partial charge in [0.05, 0.1) is 5.52 Å². The minimum atomic E-state index is 0.676. The zero-order chi connectivity index (χ0) is 11.7. The van der Waals surface area contributed by atoms with E-state index >= 15 is 0 Å². The number of nitrogens with zero attached hydrogens (tertiary/aromatic N) is 3. The minimum Gasteiger partial charge on any atom is -0.399 e. The van der Waals surface area contributed by atoms with E-state index in [4.69, 9.17) is 5.73 Å². The molecule has 0 aliphatic rings. The second-order valence-corrected chi connectivity index (χ2v) is 3.75. The third-order valence-corrected chi connectivity index (χ3v) is 2.52. The number of anilines is 1. The minimum absolute atomic E-state index is 0.676. The van der Waals surface area contributed by atoms with Crippen LogP contribution in [0.15, 0.2) is 48.9 Å². The van der Waals surface area contributed by atoms with Gasteiger partial charge in [-0.1, -0.05) is 0 Å². The number of nitrogens with two attached hydrogens (primary N) is 1. The smallest absolute Gasteiger partial charge is 0.161 e. The number of benzene rings is 1. The molecule has 0 unspecified atom stereocenters. The highest BCUT2D eigenvalue weighted by Crippen LogP contribution is 2.19. The Kier molecular flexibility index (Phi) is 2.19. The van der Waals surface area contributed by atoms with Crippen molar-refractivity contribution in [3.63, 3.8) is 0 Å². The Balaban J connectivity index is 2.17. The lowest BCUT2D eigenvalue weighted by molar-refractivity contribution is 1.21. The van der Waals surface area contributed by atoms with Crippen LogP contribution in [0, 0.1) is 0 Å². The highest BCUT2D eigenvalue weighted by atomic mass is 14.9. The zero-order valence-corrected chi connectivity index (χ0v) is 9.04. The van der Waals surface area contributed by atoms with E-state index in [1.165, 1.54) is 0 Å². The van der Waals surface area contributed by atoms with Crippen LogP contribution in [-0.2, 0) is 0 Å². The van der Waals surface area contributed by atoms with Gasteiger partial charge in [-0.2, -0.15) is 0 Å². The van der Waals surface area contributed by atoms with Gasteiger partial charge < -0.3 is 5.73 Å². The molecular weight excluding hydrogens is 212 g/mol. The number of hydrogen-bond donors (Lipinski definition) is 1. The maximum Gasteiger partial charge on any atom is 0.161 e. The Hall–Kier alpha value is -2.49. The van der Waals surface area contributed by atoms with Crippen LogP contribution in [0.3, 0.4) is 0 Å². The molecule has 0 radical (unpaired) electrons. The SMILES string of the molecule is Nc1ccc2nc(-c3cccnc3)ncc2c1. The molecule has 2 aromatic heterocycles. The summed E-state index contributed by atoms with van der Waals surface area (Å²) in [4.78, 5) is 12.8. The summed E-state index contributed by atoms with van der Waals surface area (Å²) in [5, 5.41) is 0.942. The van der Waals surface area contributed by atoms with Gasteiger partial charge in [0, 0.05) is 35.2 Å². The van der Waals surface area contributed by atoms with Crippen LogP contribution in [0.4, 0.5) is 5.69 Å². The van der Waals surface area contributed by atoms with Crippen LogP contribution >= 0.6 is 0 Å². The number of pyridine rings is 1. The zero-order valence-electron chi connectivity index (χ0n) is 9.04. The summed E-state index contributed by atoms with van der Waals surface area (Å²) < 4.78 is 0. The van der Waals surface area contributed by atoms with E-state index in [1.807, 2.05) is 30.3 Å². The summed E-state index contributed by atoms with van der Waals surface area (Å²) in [5.74, 6) is 0.676. The van der Waals surface area contributed by atoms with Crippen molar-refractivity contribution in [2.45, 2.75) is 0 Å². The molecule has 0 atom stereocenters. The Morgan fingerprint density at radius 2 is 2.00 bits per heavy atom. The number of aromatic nitrogens is 3. The molecule has 82 valence electrons. The number of rotatable bonds is 1. The highest BCUT2D eigenvalue weighted by Gasteiger charge is 2.02. The second kappa shape index (κ2) is 3.83. The van der Waals surface area contributed by atoms with Crippen LogP contribution in [0.25, 0.3) is 22.3 Å². The summed E-state index contributed by atoms with van der Waals surface area (Å²) in [6.07, 6.45) is 5.25. The van der Waals surface area contributed by atoms with E-state index in [-0.39, 0.29) is 0 Å². The van der Waals surface area contributed by atoms with Crippen molar-refractivity contribution < 1.29 is 0 Å². The average molecular weight is 222 g/mol. The predicted molar refractivity (Wildman–Crippen MR) is 67.2 cm³/mol. The highest BCUT2D eigenvalue weighted by molar-refractivity contribution is 5.82. The van der Waals surface area contributed by atoms with Crippen LogP contribution in [0.5, 0.6) is 0 Å². The molecule has 4 heteroatoms. The Labute approximate surface area is 98.2 Å². The lowest BCUT2D eigenvalue weighted by Crippen LogP contribution is -1.91. The van der Waals surface area contributed by atoms with E-state index in [0.717, 1.165) is 22.2 Å². The van der Waals surface area contributed by atoms with Crippen molar-refractivity contribution in [2.75, 3.05) is 5.73 Å². The summed E-state index contributed by atoms with van der Waals surface area (Å²) in [7, 11) is 0. The molecule has 3 rings (SSSR count). The molecule has 0 fully saturated rings. The van der Waals surface area contributed by atoms with Gasteiger partial charge in [-0.05, 0) is 30.3 Å². The summed E-state index contributed by atoms with van der Waals surface area (Å²) >= 11 is 0. The van der Waals surface area contributed by atoms with E-state index in [1.54, 1.807) is 18.6 Å². The standard InChI is InChI=1S/C13H10N4/c14-11-3-4-12-10(6-11)8-16-13(17-12)9-2-1-5-15-7-9/h1-8H,14H2. The van der Waals surface area contributed by atoms with Gasteiger partial charge in [-0.25, -0.2) is 9.97 Å². The number of fused-ring (bicyclic) bond motifs is 1. The van der Waals surface area contributed by atoms with E-state index in [2.05, 4.69) is 15.0 Å². The number of hydrogen-bond acceptors (Lipinski definition) is 4. The van der Waals surface area contributed by atoms with Crippen LogP contribution < -0.4 is 5.73 Å².